The number of hydrogen-bond donors (Lipinski definition) is 2. The van der Waals surface area contributed by atoms with Gasteiger partial charge in [-0.1, -0.05) is 5.64 Å². The van der Waals surface area contributed by atoms with E-state index in [0.717, 1.165) is 0 Å². The molecule has 1 aliphatic rings. The molecule has 3 N–H and O–H groups in total. The Bertz CT molecular complexity index is 91.0. The van der Waals surface area contributed by atoms with E-state index in [9.17, 15) is 4.57 Å². The van der Waals surface area contributed by atoms with Gasteiger partial charge in [0.25, 0.3) is 0 Å². The van der Waals surface area contributed by atoms with Crippen LogP contribution in [0.15, 0.2) is 0 Å². The average Bonchev–Trinajstić information content (AvgIpc) is 1.32. The lowest BCUT2D eigenvalue weighted by Crippen LogP contribution is -2.28. The highest BCUT2D eigenvalue weighted by Gasteiger charge is 2.28. The fourth-order valence-corrected chi connectivity index (χ4v) is 0.332. The highest BCUT2D eigenvalue weighted by Crippen LogP contribution is 2.43. The molecule has 1 fully saturated rings. The summed E-state index contributed by atoms with van der Waals surface area (Å²) in [5.74, 6) is 0. The van der Waals surface area contributed by atoms with E-state index in [0.29, 0.717) is 0 Å². The van der Waals surface area contributed by atoms with Crippen LogP contribution in [0, 0.1) is 0 Å². The van der Waals surface area contributed by atoms with Crippen LogP contribution in [-0.4, -0.2) is 0 Å². The van der Waals surface area contributed by atoms with Crippen LogP contribution in [0.5, 0.6) is 0 Å². The second-order valence-corrected chi connectivity index (χ2v) is 2.25. The first-order valence-electron chi connectivity index (χ1n) is 1.21. The minimum Gasteiger partial charge on any atom is -0.238 e. The van der Waals surface area contributed by atoms with E-state index in [1.54, 1.807) is 0 Å². The maximum absolute atomic E-state index is 9.94. The van der Waals surface area contributed by atoms with Crippen LogP contribution in [0.2, 0.25) is 0 Å². The van der Waals surface area contributed by atoms with Crippen molar-refractivity contribution in [3.8, 4) is 0 Å². The zero-order chi connectivity index (χ0) is 4.62. The molecule has 5 nitrogen and oxygen atoms in total. The molecule has 0 aromatic heterocycles. The summed E-state index contributed by atoms with van der Waals surface area (Å²) >= 11 is 0. The Labute approximate surface area is 33.9 Å². The second kappa shape index (κ2) is 1.02. The lowest BCUT2D eigenvalue weighted by molar-refractivity contribution is -0.119. The van der Waals surface area contributed by atoms with Gasteiger partial charge in [-0.05, 0) is 0 Å². The smallest absolute Gasteiger partial charge is 0.238 e. The van der Waals surface area contributed by atoms with Crippen molar-refractivity contribution in [3.05, 3.63) is 0 Å². The monoisotopic (exact) mass is 110 g/mol. The van der Waals surface area contributed by atoms with Crippen LogP contribution < -0.4 is 11.1 Å². The van der Waals surface area contributed by atoms with Crippen molar-refractivity contribution in [2.24, 2.45) is 5.50 Å². The van der Waals surface area contributed by atoms with Gasteiger partial charge in [-0.15, -0.1) is 0 Å². The highest BCUT2D eigenvalue weighted by atomic mass is 31.2. The minimum absolute atomic E-state index is 1.81. The van der Waals surface area contributed by atoms with Crippen molar-refractivity contribution in [2.75, 3.05) is 0 Å². The van der Waals surface area contributed by atoms with Gasteiger partial charge in [0.15, 0.2) is 0 Å². The van der Waals surface area contributed by atoms with E-state index in [-0.39, 0.29) is 0 Å². The molecule has 0 spiro atoms. The third kappa shape index (κ3) is 0.589. The summed E-state index contributed by atoms with van der Waals surface area (Å²) in [5.41, 5.74) is 6.48. The van der Waals surface area contributed by atoms with Gasteiger partial charge < -0.3 is 0 Å². The minimum atomic E-state index is -3.08. The molecule has 1 saturated heterocycles. The van der Waals surface area contributed by atoms with Gasteiger partial charge in [0.2, 0.25) is 0 Å². The van der Waals surface area contributed by atoms with Crippen LogP contribution in [0.25, 0.3) is 0 Å². The molecule has 0 unspecified atom stereocenters. The van der Waals surface area contributed by atoms with Gasteiger partial charge in [-0.25, -0.2) is 10.1 Å². The van der Waals surface area contributed by atoms with Gasteiger partial charge in [-0.3, -0.25) is 0 Å². The zero-order valence-electron chi connectivity index (χ0n) is 2.75. The topological polar surface area (TPSA) is 73.6 Å². The van der Waals surface area contributed by atoms with Crippen LogP contribution in [-0.2, 0) is 13.8 Å². The molecule has 0 saturated carbocycles. The summed E-state index contributed by atoms with van der Waals surface area (Å²) in [6, 6.07) is 0. The van der Waals surface area contributed by atoms with E-state index >= 15 is 0 Å². The van der Waals surface area contributed by atoms with E-state index in [4.69, 9.17) is 0 Å². The van der Waals surface area contributed by atoms with Crippen molar-refractivity contribution in [1.29, 1.82) is 0 Å². The van der Waals surface area contributed by atoms with Crippen molar-refractivity contribution in [2.45, 2.75) is 0 Å². The fraction of sp³-hybridized carbons (Fsp3) is 0. The van der Waals surface area contributed by atoms with Gasteiger partial charge in [0.05, 0.1) is 0 Å². The molecule has 0 atom stereocenters. The predicted octanol–water partition coefficient (Wildman–Crippen LogP) is -0.480. The third-order valence-corrected chi connectivity index (χ3v) is 0.987. The number of nitrogens with one attached hydrogen (secondary N) is 1. The predicted molar refractivity (Wildman–Crippen MR) is 17.1 cm³/mol. The quantitative estimate of drug-likeness (QED) is 0.412. The van der Waals surface area contributed by atoms with Gasteiger partial charge in [0, 0.05) is 0 Å². The first-order chi connectivity index (χ1) is 2.71. The Morgan fingerprint density at radius 3 is 2.00 bits per heavy atom. The molecule has 36 valence electrons. The summed E-state index contributed by atoms with van der Waals surface area (Å²) in [4.78, 5) is 0. The van der Waals surface area contributed by atoms with E-state index in [1.165, 1.54) is 0 Å². The van der Waals surface area contributed by atoms with E-state index in [2.05, 4.69) is 14.8 Å². The lowest BCUT2D eigenvalue weighted by atomic mass is 13.2. The second-order valence-electron chi connectivity index (χ2n) is 0.806. The molecule has 0 bridgehead atoms. The van der Waals surface area contributed by atoms with Crippen LogP contribution in [0.4, 0.5) is 0 Å². The maximum Gasteiger partial charge on any atom is 0.439 e. The molecule has 6 heavy (non-hydrogen) atoms. The molecule has 1 heterocycles. The first kappa shape index (κ1) is 4.23. The van der Waals surface area contributed by atoms with Crippen molar-refractivity contribution in [1.82, 2.24) is 5.64 Å². The summed E-state index contributed by atoms with van der Waals surface area (Å²) < 4.78 is 17.9. The third-order valence-electron chi connectivity index (χ3n) is 0.329. The molecule has 0 aliphatic carbocycles. The highest BCUT2D eigenvalue weighted by molar-refractivity contribution is 7.51. The van der Waals surface area contributed by atoms with Crippen molar-refractivity contribution >= 4 is 7.75 Å². The largest absolute Gasteiger partial charge is 0.439 e. The first-order valence-corrected chi connectivity index (χ1v) is 2.83. The lowest BCUT2D eigenvalue weighted by Gasteiger charge is -2.19. The molecule has 6 heteroatoms. The SMILES string of the molecule is NP1(=O)ONO1. The van der Waals surface area contributed by atoms with Crippen molar-refractivity contribution in [3.63, 3.8) is 0 Å². The Morgan fingerprint density at radius 2 is 2.00 bits per heavy atom. The molecule has 1 aliphatic heterocycles. The molecule has 0 radical (unpaired) electrons. The Morgan fingerprint density at radius 1 is 1.67 bits per heavy atom. The number of hydrogen-bond acceptors (Lipinski definition) is 4. The van der Waals surface area contributed by atoms with Gasteiger partial charge in [0.1, 0.15) is 0 Å². The van der Waals surface area contributed by atoms with E-state index < -0.39 is 7.75 Å². The molecule has 1 rings (SSSR count). The Kier molecular flexibility index (Phi) is 0.721. The maximum atomic E-state index is 9.94. The van der Waals surface area contributed by atoms with Crippen LogP contribution >= 0.6 is 7.75 Å². The average molecular weight is 110 g/mol. The fourth-order valence-electron chi connectivity index (χ4n) is 0.111. The Hall–Kier alpha value is 0.0700. The summed E-state index contributed by atoms with van der Waals surface area (Å²) in [6.45, 7) is 0. The van der Waals surface area contributed by atoms with Gasteiger partial charge in [-0.2, -0.15) is 9.25 Å². The molecular weight excluding hydrogens is 107 g/mol. The molecule has 0 aromatic carbocycles. The van der Waals surface area contributed by atoms with E-state index in [1.807, 2.05) is 5.64 Å². The molecular formula is H3N2O3P. The standard InChI is InChI=1S/H3N2O3P/c1-6(3)4-2-5-6/h2H,(H2,1,3). The molecule has 0 aromatic rings. The summed E-state index contributed by atoms with van der Waals surface area (Å²) in [6.07, 6.45) is 0. The molecule has 0 amide bonds. The zero-order valence-corrected chi connectivity index (χ0v) is 3.64. The Balaban J connectivity index is 2.53. The summed E-state index contributed by atoms with van der Waals surface area (Å²) in [7, 11) is -3.08. The van der Waals surface area contributed by atoms with Crippen LogP contribution in [0.1, 0.15) is 0 Å². The number of nitrogens with two attached hydrogens (primary N) is 1. The van der Waals surface area contributed by atoms with Gasteiger partial charge >= 0.3 is 7.75 Å². The summed E-state index contributed by atoms with van der Waals surface area (Å²) in [5, 5.41) is 0. The normalized spacial score (nSPS) is 28.8. The van der Waals surface area contributed by atoms with Crippen LogP contribution in [0.3, 0.4) is 0 Å². The number of rotatable bonds is 0. The van der Waals surface area contributed by atoms with Crippen molar-refractivity contribution < 1.29 is 13.8 Å².